The first-order valence-corrected chi connectivity index (χ1v) is 8.17. The standard InChI is InChI=1S/C16H23NO2S/c1-13-5-7-15(8-6-13)20-11-10-17-9-3-4-14(12-17)16(18)19-2/h5-8,14H,3-4,9-12H2,1-2H3. The second kappa shape index (κ2) is 7.70. The number of thioether (sulfide) groups is 1. The topological polar surface area (TPSA) is 29.5 Å². The molecule has 4 heteroatoms. The van der Waals surface area contributed by atoms with E-state index in [1.807, 2.05) is 11.8 Å². The first-order valence-electron chi connectivity index (χ1n) is 7.18. The van der Waals surface area contributed by atoms with Gasteiger partial charge in [-0.1, -0.05) is 17.7 Å². The minimum atomic E-state index is -0.0547. The van der Waals surface area contributed by atoms with Gasteiger partial charge in [0.25, 0.3) is 0 Å². The summed E-state index contributed by atoms with van der Waals surface area (Å²) in [6.07, 6.45) is 2.06. The number of carbonyl (C=O) groups is 1. The molecular weight excluding hydrogens is 270 g/mol. The number of carbonyl (C=O) groups excluding carboxylic acids is 1. The minimum absolute atomic E-state index is 0.0547. The maximum Gasteiger partial charge on any atom is 0.309 e. The molecule has 1 atom stereocenters. The lowest BCUT2D eigenvalue weighted by molar-refractivity contribution is -0.147. The smallest absolute Gasteiger partial charge is 0.309 e. The molecule has 20 heavy (non-hydrogen) atoms. The van der Waals surface area contributed by atoms with Crippen LogP contribution in [0.25, 0.3) is 0 Å². The highest BCUT2D eigenvalue weighted by Crippen LogP contribution is 2.21. The number of methoxy groups -OCH3 is 1. The summed E-state index contributed by atoms with van der Waals surface area (Å²) >= 11 is 1.88. The average Bonchev–Trinajstić information content (AvgIpc) is 2.49. The molecule has 110 valence electrons. The van der Waals surface area contributed by atoms with Gasteiger partial charge in [0.1, 0.15) is 0 Å². The van der Waals surface area contributed by atoms with Crippen molar-refractivity contribution >= 4 is 17.7 Å². The maximum atomic E-state index is 11.6. The van der Waals surface area contributed by atoms with Crippen LogP contribution in [-0.4, -0.2) is 43.4 Å². The number of piperidine rings is 1. The molecule has 0 aromatic heterocycles. The van der Waals surface area contributed by atoms with Crippen LogP contribution in [0, 0.1) is 12.8 Å². The van der Waals surface area contributed by atoms with Crippen molar-refractivity contribution in [2.45, 2.75) is 24.7 Å². The number of rotatable bonds is 5. The van der Waals surface area contributed by atoms with E-state index >= 15 is 0 Å². The van der Waals surface area contributed by atoms with Gasteiger partial charge in [0.05, 0.1) is 13.0 Å². The van der Waals surface area contributed by atoms with Gasteiger partial charge in [-0.15, -0.1) is 11.8 Å². The van der Waals surface area contributed by atoms with Crippen molar-refractivity contribution < 1.29 is 9.53 Å². The lowest BCUT2D eigenvalue weighted by atomic mass is 9.98. The van der Waals surface area contributed by atoms with Crippen LogP contribution in [0.15, 0.2) is 29.2 Å². The normalized spacial score (nSPS) is 19.8. The lowest BCUT2D eigenvalue weighted by Gasteiger charge is -2.31. The molecule has 0 saturated carbocycles. The maximum absolute atomic E-state index is 11.6. The van der Waals surface area contributed by atoms with E-state index < -0.39 is 0 Å². The number of benzene rings is 1. The quantitative estimate of drug-likeness (QED) is 0.616. The highest BCUT2D eigenvalue weighted by molar-refractivity contribution is 7.99. The van der Waals surface area contributed by atoms with Crippen LogP contribution >= 0.6 is 11.8 Å². The Kier molecular flexibility index (Phi) is 5.92. The van der Waals surface area contributed by atoms with Crippen LogP contribution in [0.4, 0.5) is 0 Å². The summed E-state index contributed by atoms with van der Waals surface area (Å²) in [4.78, 5) is 15.3. The van der Waals surface area contributed by atoms with Crippen LogP contribution in [0.5, 0.6) is 0 Å². The van der Waals surface area contributed by atoms with E-state index in [-0.39, 0.29) is 11.9 Å². The summed E-state index contributed by atoms with van der Waals surface area (Å²) in [5, 5.41) is 0. The first-order chi connectivity index (χ1) is 9.69. The Labute approximate surface area is 125 Å². The van der Waals surface area contributed by atoms with Crippen molar-refractivity contribution in [1.29, 1.82) is 0 Å². The molecule has 2 rings (SSSR count). The average molecular weight is 293 g/mol. The molecule has 0 aliphatic carbocycles. The second-order valence-corrected chi connectivity index (χ2v) is 6.49. The Morgan fingerprint density at radius 3 is 2.85 bits per heavy atom. The highest BCUT2D eigenvalue weighted by atomic mass is 32.2. The molecule has 0 N–H and O–H groups in total. The highest BCUT2D eigenvalue weighted by Gasteiger charge is 2.25. The first kappa shape index (κ1) is 15.4. The number of ether oxygens (including phenoxy) is 1. The molecule has 1 aromatic rings. The van der Waals surface area contributed by atoms with Crippen molar-refractivity contribution in [2.75, 3.05) is 32.5 Å². The Morgan fingerprint density at radius 1 is 1.40 bits per heavy atom. The van der Waals surface area contributed by atoms with Crippen LogP contribution in [0.2, 0.25) is 0 Å². The Balaban J connectivity index is 1.73. The van der Waals surface area contributed by atoms with Gasteiger partial charge >= 0.3 is 5.97 Å². The van der Waals surface area contributed by atoms with Gasteiger partial charge in [0, 0.05) is 23.7 Å². The van der Waals surface area contributed by atoms with E-state index in [9.17, 15) is 4.79 Å². The van der Waals surface area contributed by atoms with Crippen molar-refractivity contribution in [3.05, 3.63) is 29.8 Å². The molecule has 0 amide bonds. The molecule has 1 aliphatic heterocycles. The fourth-order valence-electron chi connectivity index (χ4n) is 2.54. The number of hydrogen-bond acceptors (Lipinski definition) is 4. The van der Waals surface area contributed by atoms with Gasteiger partial charge in [-0.05, 0) is 38.4 Å². The number of esters is 1. The number of likely N-dealkylation sites (tertiary alicyclic amines) is 1. The number of nitrogens with zero attached hydrogens (tertiary/aromatic N) is 1. The van der Waals surface area contributed by atoms with Gasteiger partial charge in [0.15, 0.2) is 0 Å². The zero-order chi connectivity index (χ0) is 14.4. The third-order valence-electron chi connectivity index (χ3n) is 3.74. The summed E-state index contributed by atoms with van der Waals surface area (Å²) in [5.74, 6) is 1.08. The lowest BCUT2D eigenvalue weighted by Crippen LogP contribution is -2.40. The Morgan fingerprint density at radius 2 is 2.15 bits per heavy atom. The van der Waals surface area contributed by atoms with Crippen LogP contribution in [0.1, 0.15) is 18.4 Å². The second-order valence-electron chi connectivity index (χ2n) is 5.32. The monoisotopic (exact) mass is 293 g/mol. The Hall–Kier alpha value is -1.00. The third-order valence-corrected chi connectivity index (χ3v) is 4.73. The van der Waals surface area contributed by atoms with Gasteiger partial charge in [0.2, 0.25) is 0 Å². The SMILES string of the molecule is COC(=O)C1CCCN(CCSc2ccc(C)cc2)C1. The Bertz CT molecular complexity index is 433. The van der Waals surface area contributed by atoms with Gasteiger partial charge in [-0.2, -0.15) is 0 Å². The van der Waals surface area contributed by atoms with Crippen molar-refractivity contribution in [3.8, 4) is 0 Å². The molecule has 1 saturated heterocycles. The van der Waals surface area contributed by atoms with E-state index in [1.54, 1.807) is 0 Å². The predicted molar refractivity (Wildman–Crippen MR) is 83.1 cm³/mol. The molecule has 1 heterocycles. The molecule has 1 aliphatic rings. The summed E-state index contributed by atoms with van der Waals surface area (Å²) in [6, 6.07) is 8.65. The minimum Gasteiger partial charge on any atom is -0.469 e. The van der Waals surface area contributed by atoms with Gasteiger partial charge < -0.3 is 9.64 Å². The molecule has 3 nitrogen and oxygen atoms in total. The molecular formula is C16H23NO2S. The third kappa shape index (κ3) is 4.53. The van der Waals surface area contributed by atoms with E-state index in [0.717, 1.165) is 38.2 Å². The van der Waals surface area contributed by atoms with Crippen LogP contribution in [0.3, 0.4) is 0 Å². The van der Waals surface area contributed by atoms with E-state index in [2.05, 4.69) is 36.1 Å². The molecule has 1 aromatic carbocycles. The molecule has 0 spiro atoms. The van der Waals surface area contributed by atoms with E-state index in [1.165, 1.54) is 17.6 Å². The fourth-order valence-corrected chi connectivity index (χ4v) is 3.46. The predicted octanol–water partition coefficient (Wildman–Crippen LogP) is 2.97. The zero-order valence-corrected chi connectivity index (χ0v) is 13.1. The molecule has 1 unspecified atom stereocenters. The van der Waals surface area contributed by atoms with Crippen molar-refractivity contribution in [1.82, 2.24) is 4.90 Å². The number of hydrogen-bond donors (Lipinski definition) is 0. The molecule has 1 fully saturated rings. The van der Waals surface area contributed by atoms with Gasteiger partial charge in [-0.25, -0.2) is 0 Å². The number of aryl methyl sites for hydroxylation is 1. The van der Waals surface area contributed by atoms with Crippen molar-refractivity contribution in [3.63, 3.8) is 0 Å². The largest absolute Gasteiger partial charge is 0.469 e. The summed E-state index contributed by atoms with van der Waals surface area (Å²) in [7, 11) is 1.48. The molecule has 0 bridgehead atoms. The van der Waals surface area contributed by atoms with Crippen LogP contribution < -0.4 is 0 Å². The summed E-state index contributed by atoms with van der Waals surface area (Å²) in [6.45, 7) is 5.09. The summed E-state index contributed by atoms with van der Waals surface area (Å²) < 4.78 is 4.85. The van der Waals surface area contributed by atoms with E-state index in [4.69, 9.17) is 4.74 Å². The van der Waals surface area contributed by atoms with Crippen molar-refractivity contribution in [2.24, 2.45) is 5.92 Å². The zero-order valence-electron chi connectivity index (χ0n) is 12.3. The molecule has 0 radical (unpaired) electrons. The van der Waals surface area contributed by atoms with E-state index in [0.29, 0.717) is 0 Å². The summed E-state index contributed by atoms with van der Waals surface area (Å²) in [5.41, 5.74) is 1.30. The van der Waals surface area contributed by atoms with Crippen LogP contribution in [-0.2, 0) is 9.53 Å². The van der Waals surface area contributed by atoms with Gasteiger partial charge in [-0.3, -0.25) is 4.79 Å². The fraction of sp³-hybridized carbons (Fsp3) is 0.562.